The fraction of sp³-hybridized carbons (Fsp3) is 0.474. The molecule has 1 heterocycles. The summed E-state index contributed by atoms with van der Waals surface area (Å²) in [6.45, 7) is 1.75. The highest BCUT2D eigenvalue weighted by molar-refractivity contribution is 5.75. The summed E-state index contributed by atoms with van der Waals surface area (Å²) in [7, 11) is 0. The quantitative estimate of drug-likeness (QED) is 0.717. The fourth-order valence-electron chi connectivity index (χ4n) is 3.41. The van der Waals surface area contributed by atoms with E-state index in [1.165, 1.54) is 0 Å². The van der Waals surface area contributed by atoms with E-state index in [1.54, 1.807) is 6.92 Å². The second-order valence-electron chi connectivity index (χ2n) is 6.91. The Labute approximate surface area is 157 Å². The molecule has 1 saturated carbocycles. The summed E-state index contributed by atoms with van der Waals surface area (Å²) in [6.07, 6.45) is 2.91. The highest BCUT2D eigenvalue weighted by Gasteiger charge is 2.27. The van der Waals surface area contributed by atoms with Crippen LogP contribution in [0.3, 0.4) is 0 Å². The molecule has 1 unspecified atom stereocenters. The molecule has 1 aromatic carbocycles. The van der Waals surface area contributed by atoms with Gasteiger partial charge < -0.3 is 20.3 Å². The van der Waals surface area contributed by atoms with Crippen molar-refractivity contribution in [3.8, 4) is 0 Å². The molecular formula is C19H24N4O4. The normalized spacial score (nSPS) is 20.6. The van der Waals surface area contributed by atoms with Gasteiger partial charge in [0, 0.05) is 6.04 Å². The van der Waals surface area contributed by atoms with Crippen molar-refractivity contribution < 1.29 is 19.2 Å². The molecule has 144 valence electrons. The molecule has 1 fully saturated rings. The second kappa shape index (κ2) is 8.66. The lowest BCUT2D eigenvalue weighted by Crippen LogP contribution is -2.45. The summed E-state index contributed by atoms with van der Waals surface area (Å²) >= 11 is 0. The SMILES string of the molecule is Cc1noc(CC(NC(=O)NC2CCC(C(=O)O)CC2)c2ccccc2)n1. The highest BCUT2D eigenvalue weighted by atomic mass is 16.5. The Hall–Kier alpha value is -2.90. The Morgan fingerprint density at radius 1 is 1.22 bits per heavy atom. The topological polar surface area (TPSA) is 117 Å². The Balaban J connectivity index is 1.60. The molecule has 2 amide bonds. The number of nitrogens with one attached hydrogen (secondary N) is 2. The summed E-state index contributed by atoms with van der Waals surface area (Å²) in [4.78, 5) is 27.8. The zero-order valence-corrected chi connectivity index (χ0v) is 15.2. The van der Waals surface area contributed by atoms with Crippen LogP contribution in [0.25, 0.3) is 0 Å². The van der Waals surface area contributed by atoms with Crippen LogP contribution >= 0.6 is 0 Å². The number of aryl methyl sites for hydroxylation is 1. The van der Waals surface area contributed by atoms with E-state index in [9.17, 15) is 9.59 Å². The van der Waals surface area contributed by atoms with E-state index in [4.69, 9.17) is 9.63 Å². The van der Waals surface area contributed by atoms with Gasteiger partial charge in [0.2, 0.25) is 5.89 Å². The van der Waals surface area contributed by atoms with Crippen molar-refractivity contribution in [1.82, 2.24) is 20.8 Å². The lowest BCUT2D eigenvalue weighted by molar-refractivity contribution is -0.142. The van der Waals surface area contributed by atoms with Gasteiger partial charge in [-0.2, -0.15) is 4.98 Å². The van der Waals surface area contributed by atoms with Crippen molar-refractivity contribution in [1.29, 1.82) is 0 Å². The molecule has 1 atom stereocenters. The van der Waals surface area contributed by atoms with Crippen LogP contribution in [-0.2, 0) is 11.2 Å². The Bertz CT molecular complexity index is 769. The third-order valence-electron chi connectivity index (χ3n) is 4.87. The molecule has 1 aliphatic rings. The van der Waals surface area contributed by atoms with Crippen LogP contribution < -0.4 is 10.6 Å². The molecule has 1 aromatic heterocycles. The predicted octanol–water partition coefficient (Wildman–Crippen LogP) is 2.60. The van der Waals surface area contributed by atoms with E-state index in [2.05, 4.69) is 20.8 Å². The number of carboxylic acids is 1. The summed E-state index contributed by atoms with van der Waals surface area (Å²) in [5.74, 6) is -0.0408. The Morgan fingerprint density at radius 3 is 2.52 bits per heavy atom. The van der Waals surface area contributed by atoms with Crippen LogP contribution in [0.15, 0.2) is 34.9 Å². The molecule has 0 radical (unpaired) electrons. The summed E-state index contributed by atoms with van der Waals surface area (Å²) < 4.78 is 5.19. The number of hydrogen-bond donors (Lipinski definition) is 3. The minimum atomic E-state index is -0.753. The van der Waals surface area contributed by atoms with Gasteiger partial charge in [-0.3, -0.25) is 4.79 Å². The van der Waals surface area contributed by atoms with Crippen molar-refractivity contribution >= 4 is 12.0 Å². The Morgan fingerprint density at radius 2 is 1.93 bits per heavy atom. The molecule has 3 N–H and O–H groups in total. The van der Waals surface area contributed by atoms with Gasteiger partial charge in [-0.1, -0.05) is 35.5 Å². The van der Waals surface area contributed by atoms with Gasteiger partial charge in [-0.25, -0.2) is 4.79 Å². The minimum Gasteiger partial charge on any atom is -0.481 e. The number of benzene rings is 1. The lowest BCUT2D eigenvalue weighted by atomic mass is 9.86. The molecule has 0 bridgehead atoms. The minimum absolute atomic E-state index is 0.0114. The molecule has 0 saturated heterocycles. The Kier molecular flexibility index (Phi) is 6.05. The van der Waals surface area contributed by atoms with E-state index >= 15 is 0 Å². The third kappa shape index (κ3) is 5.29. The molecule has 8 heteroatoms. The summed E-state index contributed by atoms with van der Waals surface area (Å²) in [5, 5.41) is 18.8. The van der Waals surface area contributed by atoms with Gasteiger partial charge in [0.05, 0.1) is 18.4 Å². The number of carbonyl (C=O) groups excluding carboxylic acids is 1. The maximum Gasteiger partial charge on any atom is 0.315 e. The predicted molar refractivity (Wildman–Crippen MR) is 97.0 cm³/mol. The largest absolute Gasteiger partial charge is 0.481 e. The maximum atomic E-state index is 12.5. The van der Waals surface area contributed by atoms with Crippen molar-refractivity contribution in [2.45, 2.75) is 51.1 Å². The van der Waals surface area contributed by atoms with Crippen molar-refractivity contribution in [3.05, 3.63) is 47.6 Å². The number of urea groups is 1. The molecule has 3 rings (SSSR count). The molecule has 0 aliphatic heterocycles. The van der Waals surface area contributed by atoms with Gasteiger partial charge in [0.15, 0.2) is 5.82 Å². The first-order chi connectivity index (χ1) is 13.0. The van der Waals surface area contributed by atoms with Crippen LogP contribution in [0.2, 0.25) is 0 Å². The number of aromatic nitrogens is 2. The van der Waals surface area contributed by atoms with Crippen LogP contribution in [0.4, 0.5) is 4.79 Å². The average Bonchev–Trinajstić information content (AvgIpc) is 3.07. The third-order valence-corrected chi connectivity index (χ3v) is 4.87. The van der Waals surface area contributed by atoms with E-state index in [0.29, 0.717) is 43.8 Å². The van der Waals surface area contributed by atoms with Crippen LogP contribution in [0, 0.1) is 12.8 Å². The molecule has 27 heavy (non-hydrogen) atoms. The molecular weight excluding hydrogens is 348 g/mol. The second-order valence-corrected chi connectivity index (χ2v) is 6.91. The smallest absolute Gasteiger partial charge is 0.315 e. The maximum absolute atomic E-state index is 12.5. The van der Waals surface area contributed by atoms with E-state index in [-0.39, 0.29) is 24.0 Å². The molecule has 1 aliphatic carbocycles. The van der Waals surface area contributed by atoms with Crippen LogP contribution in [-0.4, -0.2) is 33.3 Å². The van der Waals surface area contributed by atoms with Gasteiger partial charge >= 0.3 is 12.0 Å². The van der Waals surface area contributed by atoms with E-state index in [0.717, 1.165) is 5.56 Å². The number of hydrogen-bond acceptors (Lipinski definition) is 5. The molecule has 2 aromatic rings. The van der Waals surface area contributed by atoms with Gasteiger partial charge in [0.25, 0.3) is 0 Å². The number of amides is 2. The fourth-order valence-corrected chi connectivity index (χ4v) is 3.41. The zero-order chi connectivity index (χ0) is 19.2. The highest BCUT2D eigenvalue weighted by Crippen LogP contribution is 2.24. The van der Waals surface area contributed by atoms with Crippen LogP contribution in [0.1, 0.15) is 49.0 Å². The molecule has 0 spiro atoms. The first kappa shape index (κ1) is 18.9. The van der Waals surface area contributed by atoms with Crippen molar-refractivity contribution in [3.63, 3.8) is 0 Å². The van der Waals surface area contributed by atoms with Crippen LogP contribution in [0.5, 0.6) is 0 Å². The van der Waals surface area contributed by atoms with Crippen molar-refractivity contribution in [2.24, 2.45) is 5.92 Å². The van der Waals surface area contributed by atoms with Gasteiger partial charge in [-0.05, 0) is 38.2 Å². The standard InChI is InChI=1S/C19H24N4O4/c1-12-20-17(27-23-12)11-16(13-5-3-2-4-6-13)22-19(26)21-15-9-7-14(8-10-15)18(24)25/h2-6,14-16H,7-11H2,1H3,(H,24,25)(H2,21,22,26). The van der Waals surface area contributed by atoms with E-state index in [1.807, 2.05) is 30.3 Å². The van der Waals surface area contributed by atoms with Gasteiger partial charge in [0.1, 0.15) is 0 Å². The first-order valence-corrected chi connectivity index (χ1v) is 9.15. The summed E-state index contributed by atoms with van der Waals surface area (Å²) in [6, 6.07) is 9.02. The zero-order valence-electron chi connectivity index (χ0n) is 15.2. The number of aliphatic carboxylic acids is 1. The van der Waals surface area contributed by atoms with Crippen molar-refractivity contribution in [2.75, 3.05) is 0 Å². The number of nitrogens with zero attached hydrogens (tertiary/aromatic N) is 2. The number of rotatable bonds is 6. The number of carboxylic acid groups (broad SMARTS) is 1. The average molecular weight is 372 g/mol. The number of carbonyl (C=O) groups is 2. The first-order valence-electron chi connectivity index (χ1n) is 9.15. The van der Waals surface area contributed by atoms with E-state index < -0.39 is 5.97 Å². The lowest BCUT2D eigenvalue weighted by Gasteiger charge is -2.28. The summed E-state index contributed by atoms with van der Waals surface area (Å²) in [5.41, 5.74) is 0.943. The van der Waals surface area contributed by atoms with Gasteiger partial charge in [-0.15, -0.1) is 0 Å². The molecule has 8 nitrogen and oxygen atoms in total. The monoisotopic (exact) mass is 372 g/mol.